The number of amides is 1. The lowest BCUT2D eigenvalue weighted by Crippen LogP contribution is -2.49. The molecule has 1 aromatic rings. The molecule has 8 heteroatoms. The van der Waals surface area contributed by atoms with Gasteiger partial charge in [-0.15, -0.1) is 0 Å². The number of hydrogen-bond donors (Lipinski definition) is 1. The van der Waals surface area contributed by atoms with E-state index in [0.717, 1.165) is 5.56 Å². The molecular weight excluding hydrogens is 333 g/mol. The Hall–Kier alpha value is -1.51. The number of nitrogens with one attached hydrogen (secondary N) is 1. The van der Waals surface area contributed by atoms with Crippen molar-refractivity contribution in [2.24, 2.45) is 5.92 Å². The zero-order valence-corrected chi connectivity index (χ0v) is 14.9. The molecule has 1 aliphatic heterocycles. The lowest BCUT2D eigenvalue weighted by atomic mass is 9.99. The van der Waals surface area contributed by atoms with Gasteiger partial charge in [0.25, 0.3) is 10.2 Å². The lowest BCUT2D eigenvalue weighted by Gasteiger charge is -2.32. The van der Waals surface area contributed by atoms with Gasteiger partial charge in [-0.05, 0) is 37.0 Å². The Balaban J connectivity index is 1.84. The van der Waals surface area contributed by atoms with Crippen molar-refractivity contribution >= 4 is 16.1 Å². The minimum absolute atomic E-state index is 0.129. The third-order valence-electron chi connectivity index (χ3n) is 4.17. The molecule has 1 aromatic carbocycles. The second kappa shape index (κ2) is 8.04. The van der Waals surface area contributed by atoms with Crippen molar-refractivity contribution in [1.82, 2.24) is 13.9 Å². The monoisotopic (exact) mass is 357 g/mol. The molecule has 1 amide bonds. The largest absolute Gasteiger partial charge is 0.355 e. The third-order valence-corrected chi connectivity index (χ3v) is 6.08. The molecule has 0 radical (unpaired) electrons. The van der Waals surface area contributed by atoms with Crippen LogP contribution < -0.4 is 5.32 Å². The van der Waals surface area contributed by atoms with E-state index >= 15 is 0 Å². The SMILES string of the molecule is CN(C)S(=O)(=O)N1CCC[C@H](C(=O)NCCc2ccc(F)cc2)C1. The van der Waals surface area contributed by atoms with Crippen LogP contribution in [-0.4, -0.2) is 56.7 Å². The van der Waals surface area contributed by atoms with Crippen LogP contribution in [0.15, 0.2) is 24.3 Å². The van der Waals surface area contributed by atoms with E-state index < -0.39 is 10.2 Å². The quantitative estimate of drug-likeness (QED) is 0.826. The van der Waals surface area contributed by atoms with Crippen molar-refractivity contribution in [2.75, 3.05) is 33.7 Å². The van der Waals surface area contributed by atoms with Crippen molar-refractivity contribution in [2.45, 2.75) is 19.3 Å². The van der Waals surface area contributed by atoms with Gasteiger partial charge in [-0.25, -0.2) is 4.39 Å². The Bertz CT molecular complexity index is 662. The first-order chi connectivity index (χ1) is 11.3. The standard InChI is InChI=1S/C16H24FN3O3S/c1-19(2)24(22,23)20-11-3-4-14(12-20)16(21)18-10-9-13-5-7-15(17)8-6-13/h5-8,14H,3-4,9-12H2,1-2H3,(H,18,21)/t14-/m0/s1. The molecule has 2 rings (SSSR count). The van der Waals surface area contributed by atoms with Crippen LogP contribution in [0.4, 0.5) is 4.39 Å². The smallest absolute Gasteiger partial charge is 0.281 e. The molecule has 1 saturated heterocycles. The van der Waals surface area contributed by atoms with E-state index in [1.54, 1.807) is 12.1 Å². The van der Waals surface area contributed by atoms with Crippen molar-refractivity contribution in [1.29, 1.82) is 0 Å². The molecule has 0 spiro atoms. The first-order valence-electron chi connectivity index (χ1n) is 8.00. The highest BCUT2D eigenvalue weighted by Crippen LogP contribution is 2.20. The van der Waals surface area contributed by atoms with Crippen LogP contribution in [0, 0.1) is 11.7 Å². The molecule has 134 valence electrons. The number of carbonyl (C=O) groups is 1. The highest BCUT2D eigenvalue weighted by Gasteiger charge is 2.33. The number of benzene rings is 1. The molecule has 1 aliphatic rings. The Morgan fingerprint density at radius 3 is 2.62 bits per heavy atom. The summed E-state index contributed by atoms with van der Waals surface area (Å²) in [5.74, 6) is -0.746. The van der Waals surface area contributed by atoms with Gasteiger partial charge < -0.3 is 5.32 Å². The van der Waals surface area contributed by atoms with Crippen LogP contribution in [0.5, 0.6) is 0 Å². The zero-order valence-electron chi connectivity index (χ0n) is 14.0. The normalized spacial score (nSPS) is 19.4. The van der Waals surface area contributed by atoms with Gasteiger partial charge >= 0.3 is 0 Å². The summed E-state index contributed by atoms with van der Waals surface area (Å²) in [6, 6.07) is 6.16. The zero-order chi connectivity index (χ0) is 17.7. The fraction of sp³-hybridized carbons (Fsp3) is 0.562. The third kappa shape index (κ3) is 4.75. The number of hydrogen-bond acceptors (Lipinski definition) is 3. The molecule has 0 saturated carbocycles. The maximum absolute atomic E-state index is 12.8. The number of piperidine rings is 1. The maximum Gasteiger partial charge on any atom is 0.281 e. The topological polar surface area (TPSA) is 69.7 Å². The Kier molecular flexibility index (Phi) is 6.31. The molecule has 1 N–H and O–H groups in total. The van der Waals surface area contributed by atoms with E-state index in [0.29, 0.717) is 32.4 Å². The summed E-state index contributed by atoms with van der Waals surface area (Å²) in [5.41, 5.74) is 0.942. The van der Waals surface area contributed by atoms with E-state index in [4.69, 9.17) is 0 Å². The van der Waals surface area contributed by atoms with E-state index in [1.807, 2.05) is 0 Å². The minimum Gasteiger partial charge on any atom is -0.355 e. The van der Waals surface area contributed by atoms with Crippen molar-refractivity contribution in [3.8, 4) is 0 Å². The molecule has 0 aromatic heterocycles. The van der Waals surface area contributed by atoms with Crippen LogP contribution in [0.25, 0.3) is 0 Å². The van der Waals surface area contributed by atoms with Gasteiger partial charge in [0.05, 0.1) is 5.92 Å². The molecule has 1 heterocycles. The molecule has 24 heavy (non-hydrogen) atoms. The summed E-state index contributed by atoms with van der Waals surface area (Å²) in [7, 11) is -0.507. The number of carbonyl (C=O) groups excluding carboxylic acids is 1. The highest BCUT2D eigenvalue weighted by molar-refractivity contribution is 7.86. The van der Waals surface area contributed by atoms with Gasteiger partial charge in [-0.3, -0.25) is 4.79 Å². The molecule has 1 atom stereocenters. The minimum atomic E-state index is -3.48. The summed E-state index contributed by atoms with van der Waals surface area (Å²) >= 11 is 0. The summed E-state index contributed by atoms with van der Waals surface area (Å²) < 4.78 is 39.7. The van der Waals surface area contributed by atoms with Gasteiger partial charge in [-0.1, -0.05) is 12.1 Å². The van der Waals surface area contributed by atoms with Gasteiger partial charge in [0, 0.05) is 33.7 Å². The predicted molar refractivity (Wildman–Crippen MR) is 90.0 cm³/mol. The summed E-state index contributed by atoms with van der Waals surface area (Å²) in [4.78, 5) is 12.3. The van der Waals surface area contributed by atoms with Crippen LogP contribution in [0.3, 0.4) is 0 Å². The lowest BCUT2D eigenvalue weighted by molar-refractivity contribution is -0.126. The van der Waals surface area contributed by atoms with Crippen molar-refractivity contribution < 1.29 is 17.6 Å². The van der Waals surface area contributed by atoms with E-state index in [1.165, 1.54) is 34.8 Å². The van der Waals surface area contributed by atoms with Crippen LogP contribution in [-0.2, 0) is 21.4 Å². The molecule has 1 fully saturated rings. The average Bonchev–Trinajstić information content (AvgIpc) is 2.56. The molecular formula is C16H24FN3O3S. The Labute approximate surface area is 142 Å². The second-order valence-electron chi connectivity index (χ2n) is 6.15. The average molecular weight is 357 g/mol. The Morgan fingerprint density at radius 2 is 2.00 bits per heavy atom. The molecule has 6 nitrogen and oxygen atoms in total. The fourth-order valence-electron chi connectivity index (χ4n) is 2.72. The molecule has 0 unspecified atom stereocenters. The van der Waals surface area contributed by atoms with Gasteiger partial charge in [0.15, 0.2) is 0 Å². The summed E-state index contributed by atoms with van der Waals surface area (Å²) in [6.07, 6.45) is 1.96. The molecule has 0 bridgehead atoms. The van der Waals surface area contributed by atoms with Crippen molar-refractivity contribution in [3.05, 3.63) is 35.6 Å². The summed E-state index contributed by atoms with van der Waals surface area (Å²) in [6.45, 7) is 1.10. The first kappa shape index (κ1) is 18.8. The van der Waals surface area contributed by atoms with Gasteiger partial charge in [0.2, 0.25) is 5.91 Å². The van der Waals surface area contributed by atoms with E-state index in [9.17, 15) is 17.6 Å². The number of nitrogens with zero attached hydrogens (tertiary/aromatic N) is 2. The van der Waals surface area contributed by atoms with Crippen LogP contribution in [0.1, 0.15) is 18.4 Å². The number of rotatable bonds is 6. The van der Waals surface area contributed by atoms with E-state index in [2.05, 4.69) is 5.32 Å². The van der Waals surface area contributed by atoms with Crippen LogP contribution >= 0.6 is 0 Å². The predicted octanol–water partition coefficient (Wildman–Crippen LogP) is 1.00. The second-order valence-corrected chi connectivity index (χ2v) is 8.30. The van der Waals surface area contributed by atoms with Gasteiger partial charge in [-0.2, -0.15) is 17.0 Å². The van der Waals surface area contributed by atoms with Gasteiger partial charge in [0.1, 0.15) is 5.82 Å². The summed E-state index contributed by atoms with van der Waals surface area (Å²) in [5, 5.41) is 2.85. The highest BCUT2D eigenvalue weighted by atomic mass is 32.2. The maximum atomic E-state index is 12.8. The first-order valence-corrected chi connectivity index (χ1v) is 9.40. The van der Waals surface area contributed by atoms with Crippen LogP contribution in [0.2, 0.25) is 0 Å². The van der Waals surface area contributed by atoms with E-state index in [-0.39, 0.29) is 24.2 Å². The number of halogens is 1. The fourth-order valence-corrected chi connectivity index (χ4v) is 3.91. The Morgan fingerprint density at radius 1 is 1.33 bits per heavy atom. The molecule has 0 aliphatic carbocycles. The van der Waals surface area contributed by atoms with Crippen molar-refractivity contribution in [3.63, 3.8) is 0 Å².